The Bertz CT molecular complexity index is 920. The van der Waals surface area contributed by atoms with Crippen LogP contribution >= 0.6 is 0 Å². The summed E-state index contributed by atoms with van der Waals surface area (Å²) in [5.41, 5.74) is 1.08. The third-order valence-electron chi connectivity index (χ3n) is 6.20. The second-order valence-corrected chi connectivity index (χ2v) is 8.04. The summed E-state index contributed by atoms with van der Waals surface area (Å²) < 4.78 is 5.45. The lowest BCUT2D eigenvalue weighted by Crippen LogP contribution is -2.53. The molecule has 2 aromatic rings. The first-order valence-electron chi connectivity index (χ1n) is 10.7. The Labute approximate surface area is 182 Å². The summed E-state index contributed by atoms with van der Waals surface area (Å²) in [5, 5.41) is 2.86. The molecule has 4 rings (SSSR count). The fraction of sp³-hybridized carbons (Fsp3) is 0.375. The van der Waals surface area contributed by atoms with Crippen molar-refractivity contribution in [2.45, 2.75) is 24.7 Å². The number of carbonyl (C=O) groups excluding carboxylic acids is 3. The molecule has 1 saturated heterocycles. The number of hydrogen-bond donors (Lipinski definition) is 1. The van der Waals surface area contributed by atoms with E-state index in [2.05, 4.69) is 5.32 Å². The van der Waals surface area contributed by atoms with Crippen molar-refractivity contribution >= 4 is 23.6 Å². The highest BCUT2D eigenvalue weighted by Gasteiger charge is 2.47. The summed E-state index contributed by atoms with van der Waals surface area (Å²) in [6, 6.07) is 18.7. The monoisotopic (exact) mass is 421 g/mol. The van der Waals surface area contributed by atoms with Gasteiger partial charge in [-0.1, -0.05) is 55.0 Å². The van der Waals surface area contributed by atoms with Gasteiger partial charge in [0.1, 0.15) is 0 Å². The van der Waals surface area contributed by atoms with E-state index in [0.717, 1.165) is 30.5 Å². The van der Waals surface area contributed by atoms with Gasteiger partial charge in [0.2, 0.25) is 0 Å². The Morgan fingerprint density at radius 3 is 2.00 bits per heavy atom. The van der Waals surface area contributed by atoms with Crippen LogP contribution in [0.15, 0.2) is 60.7 Å². The Morgan fingerprint density at radius 2 is 1.42 bits per heavy atom. The quantitative estimate of drug-likeness (QED) is 0.753. The van der Waals surface area contributed by atoms with Gasteiger partial charge >= 0.3 is 12.0 Å². The van der Waals surface area contributed by atoms with Crippen molar-refractivity contribution in [1.82, 2.24) is 9.80 Å². The van der Waals surface area contributed by atoms with Gasteiger partial charge in [0.05, 0.1) is 5.41 Å². The molecule has 0 atom stereocenters. The summed E-state index contributed by atoms with van der Waals surface area (Å²) in [7, 11) is 0. The fourth-order valence-electron chi connectivity index (χ4n) is 4.14. The summed E-state index contributed by atoms with van der Waals surface area (Å²) in [6.45, 7) is 1.45. The zero-order valence-corrected chi connectivity index (χ0v) is 17.5. The molecule has 1 saturated carbocycles. The minimum Gasteiger partial charge on any atom is -0.455 e. The molecular weight excluding hydrogens is 394 g/mol. The minimum absolute atomic E-state index is 0.181. The predicted molar refractivity (Wildman–Crippen MR) is 117 cm³/mol. The normalized spacial score (nSPS) is 17.4. The van der Waals surface area contributed by atoms with E-state index in [0.29, 0.717) is 26.2 Å². The number of rotatable bonds is 5. The number of benzene rings is 2. The lowest BCUT2D eigenvalue weighted by molar-refractivity contribution is -0.160. The summed E-state index contributed by atoms with van der Waals surface area (Å²) in [4.78, 5) is 41.1. The molecule has 7 nitrogen and oxygen atoms in total. The van der Waals surface area contributed by atoms with Crippen molar-refractivity contribution in [1.29, 1.82) is 0 Å². The molecule has 3 amide bonds. The number of anilines is 1. The van der Waals surface area contributed by atoms with Gasteiger partial charge in [-0.3, -0.25) is 9.59 Å². The molecule has 2 aliphatic rings. The van der Waals surface area contributed by atoms with Crippen LogP contribution in [0.4, 0.5) is 10.5 Å². The van der Waals surface area contributed by atoms with E-state index in [1.807, 2.05) is 60.7 Å². The Kier molecular flexibility index (Phi) is 6.21. The van der Waals surface area contributed by atoms with E-state index in [4.69, 9.17) is 4.74 Å². The molecule has 7 heteroatoms. The van der Waals surface area contributed by atoms with Crippen LogP contribution in [0.3, 0.4) is 0 Å². The van der Waals surface area contributed by atoms with Crippen LogP contribution in [-0.4, -0.2) is 60.5 Å². The molecule has 0 radical (unpaired) electrons. The second-order valence-electron chi connectivity index (χ2n) is 8.04. The molecule has 1 aliphatic heterocycles. The van der Waals surface area contributed by atoms with Crippen LogP contribution in [0.5, 0.6) is 0 Å². The number of piperazine rings is 1. The Balaban J connectivity index is 1.25. The van der Waals surface area contributed by atoms with Gasteiger partial charge in [0, 0.05) is 31.9 Å². The number of esters is 1. The summed E-state index contributed by atoms with van der Waals surface area (Å²) >= 11 is 0. The number of amides is 3. The predicted octanol–water partition coefficient (Wildman–Crippen LogP) is 3.03. The van der Waals surface area contributed by atoms with Gasteiger partial charge in [-0.05, 0) is 30.5 Å². The van der Waals surface area contributed by atoms with Gasteiger partial charge in [-0.2, -0.15) is 0 Å². The molecular formula is C24H27N3O4. The van der Waals surface area contributed by atoms with Crippen molar-refractivity contribution in [2.75, 3.05) is 38.1 Å². The van der Waals surface area contributed by atoms with E-state index >= 15 is 0 Å². The highest BCUT2D eigenvalue weighted by molar-refractivity contribution is 5.90. The minimum atomic E-state index is -0.615. The molecule has 162 valence electrons. The van der Waals surface area contributed by atoms with Crippen molar-refractivity contribution in [3.63, 3.8) is 0 Å². The molecule has 0 spiro atoms. The van der Waals surface area contributed by atoms with Crippen LogP contribution in [0, 0.1) is 0 Å². The van der Waals surface area contributed by atoms with E-state index in [9.17, 15) is 14.4 Å². The zero-order valence-electron chi connectivity index (χ0n) is 17.5. The molecule has 1 N–H and O–H groups in total. The molecule has 0 unspecified atom stereocenters. The van der Waals surface area contributed by atoms with Crippen molar-refractivity contribution in [3.8, 4) is 0 Å². The Morgan fingerprint density at radius 1 is 0.839 bits per heavy atom. The van der Waals surface area contributed by atoms with E-state index in [1.165, 1.54) is 0 Å². The fourth-order valence-corrected chi connectivity index (χ4v) is 4.14. The van der Waals surface area contributed by atoms with Crippen LogP contribution < -0.4 is 5.32 Å². The number of ether oxygens (including phenoxy) is 1. The first-order valence-corrected chi connectivity index (χ1v) is 10.7. The van der Waals surface area contributed by atoms with Crippen molar-refractivity contribution < 1.29 is 19.1 Å². The second kappa shape index (κ2) is 9.20. The van der Waals surface area contributed by atoms with E-state index in [-0.39, 0.29) is 24.5 Å². The van der Waals surface area contributed by atoms with Crippen LogP contribution in [0.2, 0.25) is 0 Å². The smallest absolute Gasteiger partial charge is 0.321 e. The zero-order chi connectivity index (χ0) is 21.7. The van der Waals surface area contributed by atoms with E-state index in [1.54, 1.807) is 9.80 Å². The average Bonchev–Trinajstić information content (AvgIpc) is 2.78. The molecule has 2 aromatic carbocycles. The van der Waals surface area contributed by atoms with Gasteiger partial charge in [-0.15, -0.1) is 0 Å². The topological polar surface area (TPSA) is 79.0 Å². The first-order chi connectivity index (χ1) is 15.1. The maximum absolute atomic E-state index is 12.8. The summed E-state index contributed by atoms with van der Waals surface area (Å²) in [6.07, 6.45) is 2.48. The number of carbonyl (C=O) groups is 3. The number of para-hydroxylation sites is 1. The number of hydrogen-bond acceptors (Lipinski definition) is 4. The molecule has 31 heavy (non-hydrogen) atoms. The van der Waals surface area contributed by atoms with Crippen LogP contribution in [0.25, 0.3) is 0 Å². The first kappa shape index (κ1) is 20.9. The average molecular weight is 421 g/mol. The van der Waals surface area contributed by atoms with Gasteiger partial charge in [-0.25, -0.2) is 4.79 Å². The maximum Gasteiger partial charge on any atom is 0.321 e. The maximum atomic E-state index is 12.8. The molecule has 2 fully saturated rings. The number of urea groups is 1. The van der Waals surface area contributed by atoms with Crippen molar-refractivity contribution in [3.05, 3.63) is 66.2 Å². The van der Waals surface area contributed by atoms with Crippen LogP contribution in [-0.2, 0) is 19.7 Å². The molecule has 1 aliphatic carbocycles. The number of nitrogens with one attached hydrogen (secondary N) is 1. The van der Waals surface area contributed by atoms with Gasteiger partial charge < -0.3 is 19.9 Å². The summed E-state index contributed by atoms with van der Waals surface area (Å²) in [5.74, 6) is -0.543. The van der Waals surface area contributed by atoms with E-state index < -0.39 is 5.41 Å². The Hall–Kier alpha value is -3.35. The SMILES string of the molecule is O=C(COC(=O)C1(c2ccccc2)CCC1)N1CCN(C(=O)Nc2ccccc2)CC1. The van der Waals surface area contributed by atoms with Gasteiger partial charge in [0.25, 0.3) is 5.91 Å². The van der Waals surface area contributed by atoms with Crippen molar-refractivity contribution in [2.24, 2.45) is 0 Å². The highest BCUT2D eigenvalue weighted by atomic mass is 16.5. The third kappa shape index (κ3) is 4.55. The third-order valence-corrected chi connectivity index (χ3v) is 6.20. The van der Waals surface area contributed by atoms with Crippen LogP contribution in [0.1, 0.15) is 24.8 Å². The molecule has 0 aromatic heterocycles. The number of nitrogens with zero attached hydrogens (tertiary/aromatic N) is 2. The lowest BCUT2D eigenvalue weighted by atomic mass is 9.64. The van der Waals surface area contributed by atoms with Gasteiger partial charge in [0.15, 0.2) is 6.61 Å². The molecule has 1 heterocycles. The lowest BCUT2D eigenvalue weighted by Gasteiger charge is -2.40. The molecule has 0 bridgehead atoms. The largest absolute Gasteiger partial charge is 0.455 e. The highest BCUT2D eigenvalue weighted by Crippen LogP contribution is 2.44. The standard InChI is InChI=1S/C24H27N3O4/c28-21(18-31-22(29)24(12-7-13-24)19-8-3-1-4-9-19)26-14-16-27(17-15-26)23(30)25-20-10-5-2-6-11-20/h1-6,8-11H,7,12-18H2,(H,25,30).